The van der Waals surface area contributed by atoms with Gasteiger partial charge in [-0.2, -0.15) is 5.10 Å². The first-order valence-electron chi connectivity index (χ1n) is 5.96. The summed E-state index contributed by atoms with van der Waals surface area (Å²) < 4.78 is 58.0. The van der Waals surface area contributed by atoms with E-state index in [1.807, 2.05) is 0 Å². The van der Waals surface area contributed by atoms with Gasteiger partial charge in [-0.25, -0.2) is 4.39 Å². The molecule has 0 amide bonds. The zero-order chi connectivity index (χ0) is 14.8. The molecule has 108 valence electrons. The predicted molar refractivity (Wildman–Crippen MR) is 67.5 cm³/mol. The van der Waals surface area contributed by atoms with Gasteiger partial charge in [0.15, 0.2) is 0 Å². The highest BCUT2D eigenvalue weighted by atomic mass is 19.4. The number of aromatic nitrogens is 2. The van der Waals surface area contributed by atoms with Crippen molar-refractivity contribution in [1.82, 2.24) is 9.78 Å². The van der Waals surface area contributed by atoms with Gasteiger partial charge in [-0.05, 0) is 11.6 Å². The lowest BCUT2D eigenvalue weighted by atomic mass is 9.79. The molecule has 0 atom stereocenters. The number of halogens is 4. The van der Waals surface area contributed by atoms with Crippen molar-refractivity contribution >= 4 is 12.4 Å². The Morgan fingerprint density at radius 3 is 2.65 bits per heavy atom. The van der Waals surface area contributed by atoms with Crippen LogP contribution in [0.5, 0.6) is 5.75 Å². The molecule has 0 spiro atoms. The molecule has 2 rings (SSSR count). The van der Waals surface area contributed by atoms with Crippen molar-refractivity contribution in [3.05, 3.63) is 42.0 Å². The number of hydrogen-bond donors (Lipinski definition) is 0. The summed E-state index contributed by atoms with van der Waals surface area (Å²) >= 11 is 0. The number of benzene rings is 1. The molecule has 0 aliphatic rings. The first kappa shape index (κ1) is 14.4. The molecule has 0 saturated heterocycles. The van der Waals surface area contributed by atoms with Crippen molar-refractivity contribution in [2.45, 2.75) is 6.42 Å². The molecule has 3 nitrogen and oxygen atoms in total. The fourth-order valence-corrected chi connectivity index (χ4v) is 1.78. The Hall–Kier alpha value is -1.99. The fourth-order valence-electron chi connectivity index (χ4n) is 1.78. The predicted octanol–water partition coefficient (Wildman–Crippen LogP) is 2.24. The zero-order valence-corrected chi connectivity index (χ0v) is 10.7. The van der Waals surface area contributed by atoms with Gasteiger partial charge in [0.1, 0.15) is 5.82 Å². The maximum absolute atomic E-state index is 13.0. The molecule has 0 aliphatic carbocycles. The van der Waals surface area contributed by atoms with Crippen LogP contribution in [-0.2, 0) is 13.5 Å². The maximum atomic E-state index is 13.0. The van der Waals surface area contributed by atoms with Crippen molar-refractivity contribution < 1.29 is 22.1 Å². The summed E-state index contributed by atoms with van der Waals surface area (Å²) in [5, 5.41) is 3.94. The first-order chi connectivity index (χ1) is 9.36. The van der Waals surface area contributed by atoms with Crippen LogP contribution in [0.3, 0.4) is 0 Å². The Balaban J connectivity index is 2.06. The Kier molecular flexibility index (Phi) is 4.01. The van der Waals surface area contributed by atoms with E-state index in [4.69, 9.17) is 4.74 Å². The van der Waals surface area contributed by atoms with E-state index in [-0.39, 0.29) is 6.61 Å². The molecule has 0 saturated carbocycles. The first-order valence-corrected chi connectivity index (χ1v) is 5.96. The molecular weight excluding hydrogens is 275 g/mol. The quantitative estimate of drug-likeness (QED) is 0.623. The molecule has 20 heavy (non-hydrogen) atoms. The molecule has 1 aromatic carbocycles. The van der Waals surface area contributed by atoms with Crippen molar-refractivity contribution in [3.63, 3.8) is 0 Å². The minimum Gasteiger partial charge on any atom is -0.496 e. The van der Waals surface area contributed by atoms with Gasteiger partial charge in [0, 0.05) is 25.7 Å². The minimum atomic E-state index is -5.23. The molecular formula is C12H12BF4N2O-. The number of rotatable bonds is 5. The van der Waals surface area contributed by atoms with Crippen LogP contribution in [0.1, 0.15) is 5.56 Å². The highest BCUT2D eigenvalue weighted by Gasteiger charge is 2.29. The lowest BCUT2D eigenvalue weighted by Crippen LogP contribution is -2.35. The van der Waals surface area contributed by atoms with Crippen LogP contribution in [0.2, 0.25) is 0 Å². The van der Waals surface area contributed by atoms with Crippen LogP contribution in [0.4, 0.5) is 17.3 Å². The third-order valence-corrected chi connectivity index (χ3v) is 2.73. The number of aryl methyl sites for hydroxylation is 1. The Morgan fingerprint density at radius 1 is 1.30 bits per heavy atom. The van der Waals surface area contributed by atoms with Gasteiger partial charge in [-0.15, -0.1) is 0 Å². The molecule has 1 aromatic heterocycles. The van der Waals surface area contributed by atoms with Gasteiger partial charge < -0.3 is 17.7 Å². The SMILES string of the molecule is Cn1cc(CCOc2cc(F)ccc2[B-](F)(F)F)cn1. The summed E-state index contributed by atoms with van der Waals surface area (Å²) in [6.07, 6.45) is 3.74. The Bertz CT molecular complexity index is 597. The van der Waals surface area contributed by atoms with Gasteiger partial charge in [-0.1, -0.05) is 11.5 Å². The standard InChI is InChI=1S/C12H12BF4N2O/c1-19-8-9(7-18-19)4-5-20-12-6-10(14)2-3-11(12)13(15,16)17/h2-3,6-8H,4-5H2,1H3/q-1. The molecule has 0 fully saturated rings. The molecule has 0 radical (unpaired) electrons. The Morgan fingerprint density at radius 2 is 2.05 bits per heavy atom. The molecule has 0 aliphatic heterocycles. The second-order valence-electron chi connectivity index (χ2n) is 4.38. The average Bonchev–Trinajstić information content (AvgIpc) is 2.73. The van der Waals surface area contributed by atoms with Gasteiger partial charge >= 0.3 is 6.98 Å². The van der Waals surface area contributed by atoms with E-state index in [0.29, 0.717) is 12.5 Å². The van der Waals surface area contributed by atoms with E-state index in [0.717, 1.165) is 17.7 Å². The van der Waals surface area contributed by atoms with Crippen molar-refractivity contribution in [2.75, 3.05) is 6.61 Å². The Labute approximate surface area is 113 Å². The lowest BCUT2D eigenvalue weighted by Gasteiger charge is -2.19. The van der Waals surface area contributed by atoms with E-state index in [2.05, 4.69) is 5.10 Å². The van der Waals surface area contributed by atoms with Crippen molar-refractivity contribution in [3.8, 4) is 5.75 Å². The van der Waals surface area contributed by atoms with E-state index in [1.165, 1.54) is 0 Å². The van der Waals surface area contributed by atoms with Crippen LogP contribution in [0, 0.1) is 5.82 Å². The van der Waals surface area contributed by atoms with Gasteiger partial charge in [0.2, 0.25) is 0 Å². The monoisotopic (exact) mass is 287 g/mol. The largest absolute Gasteiger partial charge is 0.513 e. The molecule has 0 bridgehead atoms. The molecule has 0 N–H and O–H groups in total. The summed E-state index contributed by atoms with van der Waals surface area (Å²) in [6.45, 7) is -5.21. The van der Waals surface area contributed by atoms with Crippen LogP contribution < -0.4 is 10.2 Å². The smallest absolute Gasteiger partial charge is 0.496 e. The number of nitrogens with zero attached hydrogens (tertiary/aromatic N) is 2. The van der Waals surface area contributed by atoms with Crippen molar-refractivity contribution in [1.29, 1.82) is 0 Å². The second kappa shape index (κ2) is 5.56. The molecule has 0 unspecified atom stereocenters. The van der Waals surface area contributed by atoms with Gasteiger partial charge in [0.25, 0.3) is 0 Å². The third-order valence-electron chi connectivity index (χ3n) is 2.73. The summed E-state index contributed by atoms with van der Waals surface area (Å²) in [5.41, 5.74) is -0.0828. The van der Waals surface area contributed by atoms with Crippen molar-refractivity contribution in [2.24, 2.45) is 7.05 Å². The molecule has 1 heterocycles. The summed E-state index contributed by atoms with van der Waals surface area (Å²) in [4.78, 5) is 0. The molecule has 8 heteroatoms. The average molecular weight is 287 g/mol. The third kappa shape index (κ3) is 3.52. The lowest BCUT2D eigenvalue weighted by molar-refractivity contribution is 0.321. The van der Waals surface area contributed by atoms with E-state index >= 15 is 0 Å². The highest BCUT2D eigenvalue weighted by molar-refractivity contribution is 6.74. The van der Waals surface area contributed by atoms with E-state index in [9.17, 15) is 17.3 Å². The summed E-state index contributed by atoms with van der Waals surface area (Å²) in [5.74, 6) is -1.23. The van der Waals surface area contributed by atoms with E-state index < -0.39 is 24.0 Å². The van der Waals surface area contributed by atoms with Gasteiger partial charge in [-0.3, -0.25) is 4.68 Å². The van der Waals surface area contributed by atoms with Crippen LogP contribution in [0.25, 0.3) is 0 Å². The second-order valence-corrected chi connectivity index (χ2v) is 4.38. The number of ether oxygens (including phenoxy) is 1. The van der Waals surface area contributed by atoms with Crippen LogP contribution >= 0.6 is 0 Å². The fraction of sp³-hybridized carbons (Fsp3) is 0.250. The minimum absolute atomic E-state index is 0.0221. The van der Waals surface area contributed by atoms with Crippen LogP contribution in [-0.4, -0.2) is 23.4 Å². The number of hydrogen-bond acceptors (Lipinski definition) is 2. The van der Waals surface area contributed by atoms with Gasteiger partial charge in [0.05, 0.1) is 18.6 Å². The topological polar surface area (TPSA) is 27.1 Å². The molecule has 2 aromatic rings. The zero-order valence-electron chi connectivity index (χ0n) is 10.7. The summed E-state index contributed by atoms with van der Waals surface area (Å²) in [6, 6.07) is 2.24. The van der Waals surface area contributed by atoms with E-state index in [1.54, 1.807) is 24.1 Å². The normalized spacial score (nSPS) is 11.7. The van der Waals surface area contributed by atoms with Crippen LogP contribution in [0.15, 0.2) is 30.6 Å². The highest BCUT2D eigenvalue weighted by Crippen LogP contribution is 2.19. The maximum Gasteiger partial charge on any atom is 0.513 e. The summed E-state index contributed by atoms with van der Waals surface area (Å²) in [7, 11) is 1.74.